The third kappa shape index (κ3) is 2.87. The van der Waals surface area contributed by atoms with Crippen LogP contribution in [0.4, 0.5) is 0 Å². The highest BCUT2D eigenvalue weighted by Gasteiger charge is 2.41. The summed E-state index contributed by atoms with van der Waals surface area (Å²) in [5, 5.41) is 3.56. The van der Waals surface area contributed by atoms with Crippen LogP contribution in [0.15, 0.2) is 24.3 Å². The summed E-state index contributed by atoms with van der Waals surface area (Å²) in [6.45, 7) is 3.30. The minimum Gasteiger partial charge on any atom is -0.313 e. The van der Waals surface area contributed by atoms with E-state index < -0.39 is 0 Å². The number of nitrogens with one attached hydrogen (secondary N) is 1. The summed E-state index contributed by atoms with van der Waals surface area (Å²) >= 11 is 0. The maximum atomic E-state index is 3.56. The van der Waals surface area contributed by atoms with Gasteiger partial charge in [-0.3, -0.25) is 4.90 Å². The summed E-state index contributed by atoms with van der Waals surface area (Å²) in [4.78, 5) is 5.05. The maximum absolute atomic E-state index is 3.56. The summed E-state index contributed by atoms with van der Waals surface area (Å²) < 4.78 is 0. The lowest BCUT2D eigenvalue weighted by molar-refractivity contribution is 0.0149. The van der Waals surface area contributed by atoms with E-state index in [4.69, 9.17) is 0 Å². The highest BCUT2D eigenvalue weighted by Crippen LogP contribution is 2.39. The molecule has 0 radical (unpaired) electrons. The highest BCUT2D eigenvalue weighted by molar-refractivity contribution is 5.31. The lowest BCUT2D eigenvalue weighted by Gasteiger charge is -2.50. The number of likely N-dealkylation sites (N-methyl/N-ethyl adjacent to an activating group) is 2. The van der Waals surface area contributed by atoms with Gasteiger partial charge in [0.1, 0.15) is 0 Å². The highest BCUT2D eigenvalue weighted by atomic mass is 15.2. The van der Waals surface area contributed by atoms with Crippen LogP contribution in [-0.2, 0) is 6.54 Å². The maximum Gasteiger partial charge on any atom is 0.0361 e. The van der Waals surface area contributed by atoms with Gasteiger partial charge in [-0.15, -0.1) is 0 Å². The fourth-order valence-corrected chi connectivity index (χ4v) is 4.00. The molecule has 0 saturated heterocycles. The van der Waals surface area contributed by atoms with Crippen molar-refractivity contribution in [1.82, 2.24) is 15.1 Å². The quantitative estimate of drug-likeness (QED) is 0.918. The molecule has 3 rings (SSSR count). The normalized spacial score (nSPS) is 24.5. The van der Waals surface area contributed by atoms with Crippen LogP contribution in [-0.4, -0.2) is 49.6 Å². The predicted molar refractivity (Wildman–Crippen MR) is 88.4 cm³/mol. The number of benzene rings is 1. The van der Waals surface area contributed by atoms with Crippen molar-refractivity contribution in [3.8, 4) is 0 Å². The number of fused-ring (bicyclic) bond motifs is 1. The smallest absolute Gasteiger partial charge is 0.0361 e. The minimum atomic E-state index is 0.406. The molecule has 0 bridgehead atoms. The SMILES string of the molecule is CN(CC1(N(C)C)CCC1)C1CCNCc2ccccc21. The van der Waals surface area contributed by atoms with E-state index in [1.807, 2.05) is 0 Å². The van der Waals surface area contributed by atoms with E-state index >= 15 is 0 Å². The minimum absolute atomic E-state index is 0.406. The molecule has 1 atom stereocenters. The van der Waals surface area contributed by atoms with Crippen LogP contribution in [0.25, 0.3) is 0 Å². The Balaban J connectivity index is 1.79. The second kappa shape index (κ2) is 6.07. The zero-order chi connectivity index (χ0) is 14.9. The van der Waals surface area contributed by atoms with Crippen molar-refractivity contribution >= 4 is 0 Å². The van der Waals surface area contributed by atoms with Crippen LogP contribution >= 0.6 is 0 Å². The third-order valence-corrected chi connectivity index (χ3v) is 5.63. The predicted octanol–water partition coefficient (Wildman–Crippen LogP) is 2.64. The van der Waals surface area contributed by atoms with Gasteiger partial charge < -0.3 is 10.2 Å². The molecule has 21 heavy (non-hydrogen) atoms. The molecule has 0 amide bonds. The first-order valence-electron chi connectivity index (χ1n) is 8.29. The summed E-state index contributed by atoms with van der Waals surface area (Å²) in [6.07, 6.45) is 5.28. The van der Waals surface area contributed by atoms with Crippen LogP contribution in [0.5, 0.6) is 0 Å². The average molecular weight is 287 g/mol. The Morgan fingerprint density at radius 2 is 1.95 bits per heavy atom. The Kier molecular flexibility index (Phi) is 4.34. The van der Waals surface area contributed by atoms with Crippen molar-refractivity contribution in [1.29, 1.82) is 0 Å². The van der Waals surface area contributed by atoms with Crippen molar-refractivity contribution in [3.63, 3.8) is 0 Å². The van der Waals surface area contributed by atoms with Crippen LogP contribution in [0, 0.1) is 0 Å². The first-order valence-corrected chi connectivity index (χ1v) is 8.29. The topological polar surface area (TPSA) is 18.5 Å². The molecular formula is C18H29N3. The second-order valence-electron chi connectivity index (χ2n) is 7.07. The summed E-state index contributed by atoms with van der Waals surface area (Å²) in [6, 6.07) is 9.51. The van der Waals surface area contributed by atoms with E-state index in [2.05, 4.69) is 60.5 Å². The van der Waals surface area contributed by atoms with Gasteiger partial charge in [-0.25, -0.2) is 0 Å². The van der Waals surface area contributed by atoms with E-state index in [0.29, 0.717) is 11.6 Å². The summed E-state index contributed by atoms with van der Waals surface area (Å²) in [5.74, 6) is 0. The molecule has 116 valence electrons. The zero-order valence-electron chi connectivity index (χ0n) is 13.7. The lowest BCUT2D eigenvalue weighted by atomic mass is 9.75. The molecule has 0 spiro atoms. The van der Waals surface area contributed by atoms with Crippen LogP contribution in [0.2, 0.25) is 0 Å². The van der Waals surface area contributed by atoms with E-state index in [1.165, 1.54) is 43.4 Å². The van der Waals surface area contributed by atoms with Gasteiger partial charge in [0.05, 0.1) is 0 Å². The Labute approximate surface area is 129 Å². The molecule has 1 aliphatic carbocycles. The largest absolute Gasteiger partial charge is 0.313 e. The molecular weight excluding hydrogens is 258 g/mol. The Morgan fingerprint density at radius 1 is 1.19 bits per heavy atom. The molecule has 3 heteroatoms. The van der Waals surface area contributed by atoms with Crippen LogP contribution in [0.3, 0.4) is 0 Å². The molecule has 3 nitrogen and oxygen atoms in total. The molecule has 1 N–H and O–H groups in total. The molecule has 1 fully saturated rings. The molecule has 1 aromatic carbocycles. The van der Waals surface area contributed by atoms with Crippen molar-refractivity contribution in [2.75, 3.05) is 34.2 Å². The van der Waals surface area contributed by atoms with Crippen molar-refractivity contribution in [2.45, 2.75) is 43.8 Å². The Morgan fingerprint density at radius 3 is 2.62 bits per heavy atom. The van der Waals surface area contributed by atoms with Crippen LogP contribution < -0.4 is 5.32 Å². The molecule has 1 aliphatic heterocycles. The molecule has 1 aromatic rings. The fourth-order valence-electron chi connectivity index (χ4n) is 4.00. The monoisotopic (exact) mass is 287 g/mol. The lowest BCUT2D eigenvalue weighted by Crippen LogP contribution is -2.57. The van der Waals surface area contributed by atoms with E-state index in [-0.39, 0.29) is 0 Å². The van der Waals surface area contributed by atoms with Crippen LogP contribution in [0.1, 0.15) is 42.9 Å². The number of hydrogen-bond donors (Lipinski definition) is 1. The molecule has 1 heterocycles. The van der Waals surface area contributed by atoms with Gasteiger partial charge in [-0.2, -0.15) is 0 Å². The molecule has 1 saturated carbocycles. The van der Waals surface area contributed by atoms with Gasteiger partial charge in [0, 0.05) is 24.7 Å². The third-order valence-electron chi connectivity index (χ3n) is 5.63. The van der Waals surface area contributed by atoms with Gasteiger partial charge >= 0.3 is 0 Å². The number of rotatable bonds is 4. The number of hydrogen-bond acceptors (Lipinski definition) is 3. The first-order chi connectivity index (χ1) is 10.1. The Hall–Kier alpha value is -0.900. The van der Waals surface area contributed by atoms with Gasteiger partial charge in [-0.1, -0.05) is 24.3 Å². The standard InChI is InChI=1S/C18H29N3/c1-20(2)18(10-6-11-18)14-21(3)17-9-12-19-13-15-7-4-5-8-16(15)17/h4-5,7-8,17,19H,6,9-14H2,1-3H3. The van der Waals surface area contributed by atoms with Gasteiger partial charge in [0.25, 0.3) is 0 Å². The van der Waals surface area contributed by atoms with E-state index in [9.17, 15) is 0 Å². The fraction of sp³-hybridized carbons (Fsp3) is 0.667. The first kappa shape index (κ1) is 15.0. The molecule has 1 unspecified atom stereocenters. The molecule has 0 aromatic heterocycles. The zero-order valence-corrected chi connectivity index (χ0v) is 13.7. The van der Waals surface area contributed by atoms with Gasteiger partial charge in [0.2, 0.25) is 0 Å². The molecule has 2 aliphatic rings. The van der Waals surface area contributed by atoms with Crippen molar-refractivity contribution in [2.24, 2.45) is 0 Å². The van der Waals surface area contributed by atoms with Crippen molar-refractivity contribution in [3.05, 3.63) is 35.4 Å². The van der Waals surface area contributed by atoms with E-state index in [1.54, 1.807) is 0 Å². The van der Waals surface area contributed by atoms with Gasteiger partial charge in [-0.05, 0) is 64.5 Å². The van der Waals surface area contributed by atoms with E-state index in [0.717, 1.165) is 13.1 Å². The summed E-state index contributed by atoms with van der Waals surface area (Å²) in [7, 11) is 6.81. The summed E-state index contributed by atoms with van der Waals surface area (Å²) in [5.41, 5.74) is 3.40. The second-order valence-corrected chi connectivity index (χ2v) is 7.07. The van der Waals surface area contributed by atoms with Gasteiger partial charge in [0.15, 0.2) is 0 Å². The Bertz CT molecular complexity index is 479. The van der Waals surface area contributed by atoms with Crippen molar-refractivity contribution < 1.29 is 0 Å². The number of nitrogens with zero attached hydrogens (tertiary/aromatic N) is 2. The average Bonchev–Trinajstić information content (AvgIpc) is 2.64.